The third-order valence-electron chi connectivity index (χ3n) is 2.82. The number of rotatable bonds is 2. The first-order chi connectivity index (χ1) is 8.74. The molecule has 0 spiro atoms. The highest BCUT2D eigenvalue weighted by Crippen LogP contribution is 2.14. The van der Waals surface area contributed by atoms with Crippen molar-refractivity contribution in [3.8, 4) is 11.4 Å². The SMILES string of the molecule is Cc1cc(C)n(-c2ccc(-n3cnnc3)cc2)n1. The van der Waals surface area contributed by atoms with Gasteiger partial charge in [-0.1, -0.05) is 0 Å². The van der Waals surface area contributed by atoms with E-state index < -0.39 is 0 Å². The molecule has 0 saturated heterocycles. The quantitative estimate of drug-likeness (QED) is 0.687. The first-order valence-electron chi connectivity index (χ1n) is 5.73. The van der Waals surface area contributed by atoms with E-state index in [1.54, 1.807) is 12.7 Å². The van der Waals surface area contributed by atoms with Gasteiger partial charge in [0.15, 0.2) is 0 Å². The molecule has 0 bridgehead atoms. The molecule has 0 aliphatic carbocycles. The van der Waals surface area contributed by atoms with Gasteiger partial charge in [0.25, 0.3) is 0 Å². The number of benzene rings is 1. The Labute approximate surface area is 105 Å². The summed E-state index contributed by atoms with van der Waals surface area (Å²) >= 11 is 0. The van der Waals surface area contributed by atoms with Gasteiger partial charge in [-0.25, -0.2) is 4.68 Å². The van der Waals surface area contributed by atoms with Crippen LogP contribution in [-0.4, -0.2) is 24.5 Å². The van der Waals surface area contributed by atoms with E-state index in [9.17, 15) is 0 Å². The van der Waals surface area contributed by atoms with Gasteiger partial charge in [0.2, 0.25) is 0 Å². The molecule has 90 valence electrons. The summed E-state index contributed by atoms with van der Waals surface area (Å²) in [6.45, 7) is 4.04. The maximum Gasteiger partial charge on any atom is 0.123 e. The van der Waals surface area contributed by atoms with E-state index in [0.717, 1.165) is 22.8 Å². The minimum absolute atomic E-state index is 1.02. The summed E-state index contributed by atoms with van der Waals surface area (Å²) in [6, 6.07) is 10.2. The van der Waals surface area contributed by atoms with Crippen LogP contribution in [-0.2, 0) is 0 Å². The van der Waals surface area contributed by atoms with Crippen LogP contribution in [0, 0.1) is 13.8 Å². The van der Waals surface area contributed by atoms with Crippen molar-refractivity contribution in [2.24, 2.45) is 0 Å². The highest BCUT2D eigenvalue weighted by molar-refractivity contribution is 5.41. The Morgan fingerprint density at radius 1 is 0.889 bits per heavy atom. The van der Waals surface area contributed by atoms with Crippen molar-refractivity contribution in [3.63, 3.8) is 0 Å². The standard InChI is InChI=1S/C13H13N5/c1-10-7-11(2)18(16-10)13-5-3-12(4-6-13)17-8-14-15-9-17/h3-9H,1-2H3. The van der Waals surface area contributed by atoms with Crippen LogP contribution in [0.1, 0.15) is 11.4 Å². The molecule has 18 heavy (non-hydrogen) atoms. The van der Waals surface area contributed by atoms with Gasteiger partial charge in [0, 0.05) is 11.4 Å². The van der Waals surface area contributed by atoms with Crippen LogP contribution in [0.2, 0.25) is 0 Å². The van der Waals surface area contributed by atoms with Gasteiger partial charge in [0.05, 0.1) is 11.4 Å². The van der Waals surface area contributed by atoms with Crippen molar-refractivity contribution < 1.29 is 0 Å². The maximum atomic E-state index is 4.46. The Bertz CT molecular complexity index is 649. The predicted octanol–water partition coefficient (Wildman–Crippen LogP) is 2.07. The number of nitrogens with zero attached hydrogens (tertiary/aromatic N) is 5. The van der Waals surface area contributed by atoms with Crippen LogP contribution in [0.4, 0.5) is 0 Å². The molecule has 5 heteroatoms. The van der Waals surface area contributed by atoms with E-state index >= 15 is 0 Å². The first-order valence-corrected chi connectivity index (χ1v) is 5.73. The largest absolute Gasteiger partial charge is 0.288 e. The number of aromatic nitrogens is 5. The van der Waals surface area contributed by atoms with Crippen molar-refractivity contribution >= 4 is 0 Å². The molecule has 0 radical (unpaired) electrons. The fourth-order valence-electron chi connectivity index (χ4n) is 1.99. The summed E-state index contributed by atoms with van der Waals surface area (Å²) in [5, 5.41) is 12.0. The molecule has 0 aliphatic rings. The molecule has 0 aliphatic heterocycles. The van der Waals surface area contributed by atoms with Gasteiger partial charge in [-0.2, -0.15) is 5.10 Å². The van der Waals surface area contributed by atoms with Gasteiger partial charge in [-0.05, 0) is 44.2 Å². The summed E-state index contributed by atoms with van der Waals surface area (Å²) in [4.78, 5) is 0. The Morgan fingerprint density at radius 2 is 1.50 bits per heavy atom. The lowest BCUT2D eigenvalue weighted by Crippen LogP contribution is -1.99. The second kappa shape index (κ2) is 4.10. The minimum Gasteiger partial charge on any atom is -0.288 e. The topological polar surface area (TPSA) is 48.5 Å². The van der Waals surface area contributed by atoms with Gasteiger partial charge < -0.3 is 0 Å². The zero-order chi connectivity index (χ0) is 12.5. The predicted molar refractivity (Wildman–Crippen MR) is 68.0 cm³/mol. The highest BCUT2D eigenvalue weighted by Gasteiger charge is 2.03. The summed E-state index contributed by atoms with van der Waals surface area (Å²) in [5.74, 6) is 0. The maximum absolute atomic E-state index is 4.46. The first kappa shape index (κ1) is 10.7. The van der Waals surface area contributed by atoms with E-state index in [4.69, 9.17) is 0 Å². The molecule has 2 heterocycles. The second-order valence-electron chi connectivity index (χ2n) is 4.22. The van der Waals surface area contributed by atoms with E-state index in [1.807, 2.05) is 47.4 Å². The van der Waals surface area contributed by atoms with E-state index in [-0.39, 0.29) is 0 Å². The summed E-state index contributed by atoms with van der Waals surface area (Å²) in [7, 11) is 0. The van der Waals surface area contributed by atoms with Crippen LogP contribution in [0.25, 0.3) is 11.4 Å². The molecule has 3 rings (SSSR count). The number of aryl methyl sites for hydroxylation is 2. The van der Waals surface area contributed by atoms with Crippen LogP contribution >= 0.6 is 0 Å². The van der Waals surface area contributed by atoms with Crippen LogP contribution in [0.3, 0.4) is 0 Å². The van der Waals surface area contributed by atoms with E-state index in [0.29, 0.717) is 0 Å². The fraction of sp³-hybridized carbons (Fsp3) is 0.154. The molecule has 1 aromatic carbocycles. The van der Waals surface area contributed by atoms with Crippen molar-refractivity contribution in [3.05, 3.63) is 54.4 Å². The average Bonchev–Trinajstić information content (AvgIpc) is 2.99. The third kappa shape index (κ3) is 1.79. The lowest BCUT2D eigenvalue weighted by atomic mass is 10.2. The van der Waals surface area contributed by atoms with Gasteiger partial charge in [-0.3, -0.25) is 4.57 Å². The van der Waals surface area contributed by atoms with Crippen LogP contribution in [0.15, 0.2) is 43.0 Å². The molecule has 5 nitrogen and oxygen atoms in total. The van der Waals surface area contributed by atoms with Gasteiger partial charge in [-0.15, -0.1) is 10.2 Å². The Morgan fingerprint density at radius 3 is 2.06 bits per heavy atom. The Hall–Kier alpha value is -2.43. The summed E-state index contributed by atoms with van der Waals surface area (Å²) < 4.78 is 3.80. The number of hydrogen-bond acceptors (Lipinski definition) is 3. The van der Waals surface area contributed by atoms with Crippen LogP contribution < -0.4 is 0 Å². The molecular formula is C13H13N5. The molecule has 0 fully saturated rings. The zero-order valence-electron chi connectivity index (χ0n) is 10.3. The monoisotopic (exact) mass is 239 g/mol. The van der Waals surface area contributed by atoms with E-state index in [1.165, 1.54) is 0 Å². The molecule has 0 N–H and O–H groups in total. The molecule has 2 aromatic heterocycles. The average molecular weight is 239 g/mol. The molecule has 0 saturated carbocycles. The van der Waals surface area contributed by atoms with E-state index in [2.05, 4.69) is 21.4 Å². The van der Waals surface area contributed by atoms with Crippen molar-refractivity contribution in [1.82, 2.24) is 24.5 Å². The van der Waals surface area contributed by atoms with Gasteiger partial charge in [0.1, 0.15) is 12.7 Å². The summed E-state index contributed by atoms with van der Waals surface area (Å²) in [5.41, 5.74) is 4.24. The van der Waals surface area contributed by atoms with Crippen molar-refractivity contribution in [2.45, 2.75) is 13.8 Å². The fourth-order valence-corrected chi connectivity index (χ4v) is 1.99. The highest BCUT2D eigenvalue weighted by atomic mass is 15.3. The van der Waals surface area contributed by atoms with Crippen LogP contribution in [0.5, 0.6) is 0 Å². The minimum atomic E-state index is 1.02. The zero-order valence-corrected chi connectivity index (χ0v) is 10.3. The lowest BCUT2D eigenvalue weighted by Gasteiger charge is -2.06. The molecule has 3 aromatic rings. The smallest absolute Gasteiger partial charge is 0.123 e. The summed E-state index contributed by atoms with van der Waals surface area (Å²) in [6.07, 6.45) is 3.36. The lowest BCUT2D eigenvalue weighted by molar-refractivity contribution is 0.833. The number of hydrogen-bond donors (Lipinski definition) is 0. The van der Waals surface area contributed by atoms with Crippen molar-refractivity contribution in [2.75, 3.05) is 0 Å². The Balaban J connectivity index is 1.99. The normalized spacial score (nSPS) is 10.8. The molecular weight excluding hydrogens is 226 g/mol. The van der Waals surface area contributed by atoms with Crippen molar-refractivity contribution in [1.29, 1.82) is 0 Å². The Kier molecular flexibility index (Phi) is 2.44. The molecule has 0 atom stereocenters. The molecule has 0 amide bonds. The second-order valence-corrected chi connectivity index (χ2v) is 4.22. The molecule has 0 unspecified atom stereocenters. The van der Waals surface area contributed by atoms with Gasteiger partial charge >= 0.3 is 0 Å². The third-order valence-corrected chi connectivity index (χ3v) is 2.82.